The third-order valence-electron chi connectivity index (χ3n) is 0.337. The first-order valence-electron chi connectivity index (χ1n) is 2.11. The standard InChI is InChI=1S/C3H8FO3P/c1-3(2)7-8(4,5)6/h3H,1-2H3,(H,5,6)/p-1. The van der Waals surface area contributed by atoms with Crippen molar-refractivity contribution in [1.29, 1.82) is 0 Å². The molecule has 0 bridgehead atoms. The molecule has 1 atom stereocenters. The van der Waals surface area contributed by atoms with Crippen LogP contribution < -0.4 is 4.89 Å². The van der Waals surface area contributed by atoms with Crippen molar-refractivity contribution < 1.29 is 18.2 Å². The quantitative estimate of drug-likeness (QED) is 0.535. The van der Waals surface area contributed by atoms with Crippen molar-refractivity contribution in [2.24, 2.45) is 0 Å². The van der Waals surface area contributed by atoms with Crippen LogP contribution in [0, 0.1) is 0 Å². The fourth-order valence-corrected chi connectivity index (χ4v) is 0.755. The number of hydrogen-bond donors (Lipinski definition) is 0. The van der Waals surface area contributed by atoms with Crippen LogP contribution in [0.15, 0.2) is 0 Å². The van der Waals surface area contributed by atoms with Gasteiger partial charge in [0.05, 0.1) is 6.10 Å². The van der Waals surface area contributed by atoms with Crippen molar-refractivity contribution in [2.75, 3.05) is 0 Å². The summed E-state index contributed by atoms with van der Waals surface area (Å²) in [4.78, 5) is 9.58. The maximum Gasteiger partial charge on any atom is 0.308 e. The zero-order valence-corrected chi connectivity index (χ0v) is 5.52. The highest BCUT2D eigenvalue weighted by Crippen LogP contribution is 2.39. The van der Waals surface area contributed by atoms with Gasteiger partial charge in [-0.3, -0.25) is 4.57 Å². The van der Waals surface area contributed by atoms with E-state index in [1.54, 1.807) is 0 Å². The summed E-state index contributed by atoms with van der Waals surface area (Å²) in [6, 6.07) is 0. The average Bonchev–Trinajstić information content (AvgIpc) is 1.21. The molecule has 0 aromatic rings. The smallest absolute Gasteiger partial charge is 0.308 e. The molecule has 0 spiro atoms. The van der Waals surface area contributed by atoms with E-state index in [0.29, 0.717) is 0 Å². The van der Waals surface area contributed by atoms with E-state index in [1.807, 2.05) is 0 Å². The second kappa shape index (κ2) is 2.58. The summed E-state index contributed by atoms with van der Waals surface area (Å²) in [5.74, 6) is 0. The molecule has 0 saturated heterocycles. The zero-order chi connectivity index (χ0) is 6.78. The van der Waals surface area contributed by atoms with Crippen molar-refractivity contribution >= 4 is 7.91 Å². The zero-order valence-electron chi connectivity index (χ0n) is 4.63. The van der Waals surface area contributed by atoms with Crippen LogP contribution in [0.2, 0.25) is 0 Å². The van der Waals surface area contributed by atoms with Gasteiger partial charge in [-0.1, -0.05) is 0 Å². The Hall–Kier alpha value is 0.0800. The molecule has 0 heterocycles. The fourth-order valence-electron chi connectivity index (χ4n) is 0.252. The van der Waals surface area contributed by atoms with Crippen molar-refractivity contribution in [2.45, 2.75) is 20.0 Å². The Morgan fingerprint density at radius 2 is 2.12 bits per heavy atom. The molecule has 0 aliphatic carbocycles. The third kappa shape index (κ3) is 6.08. The molecule has 0 amide bonds. The van der Waals surface area contributed by atoms with Gasteiger partial charge in [0.25, 0.3) is 0 Å². The van der Waals surface area contributed by atoms with Gasteiger partial charge < -0.3 is 9.42 Å². The maximum absolute atomic E-state index is 11.4. The molecule has 0 fully saturated rings. The van der Waals surface area contributed by atoms with E-state index in [9.17, 15) is 13.7 Å². The van der Waals surface area contributed by atoms with Gasteiger partial charge in [-0.2, -0.15) is 4.20 Å². The van der Waals surface area contributed by atoms with Crippen molar-refractivity contribution in [1.82, 2.24) is 0 Å². The molecule has 0 rings (SSSR count). The lowest BCUT2D eigenvalue weighted by Gasteiger charge is -2.14. The molecule has 0 aliphatic heterocycles. The predicted molar refractivity (Wildman–Crippen MR) is 24.9 cm³/mol. The Morgan fingerprint density at radius 3 is 2.12 bits per heavy atom. The SMILES string of the molecule is CC(C)OP(=O)([O-])F. The highest BCUT2D eigenvalue weighted by Gasteiger charge is 2.05. The van der Waals surface area contributed by atoms with Crippen LogP contribution in [0.1, 0.15) is 13.8 Å². The van der Waals surface area contributed by atoms with Crippen LogP contribution >= 0.6 is 7.91 Å². The number of hydrogen-bond acceptors (Lipinski definition) is 3. The Morgan fingerprint density at radius 1 is 1.75 bits per heavy atom. The van der Waals surface area contributed by atoms with Gasteiger partial charge in [0.2, 0.25) is 0 Å². The molecule has 1 unspecified atom stereocenters. The second-order valence-corrected chi connectivity index (χ2v) is 2.66. The minimum absolute atomic E-state index is 0.608. The van der Waals surface area contributed by atoms with E-state index in [0.717, 1.165) is 0 Å². The molecule has 5 heteroatoms. The van der Waals surface area contributed by atoms with Crippen LogP contribution in [0.5, 0.6) is 0 Å². The summed E-state index contributed by atoms with van der Waals surface area (Å²) in [5, 5.41) is 0. The summed E-state index contributed by atoms with van der Waals surface area (Å²) in [6.07, 6.45) is -0.608. The van der Waals surface area contributed by atoms with E-state index in [4.69, 9.17) is 0 Å². The molecule has 3 nitrogen and oxygen atoms in total. The molecule has 8 heavy (non-hydrogen) atoms. The van der Waals surface area contributed by atoms with Crippen molar-refractivity contribution in [3.8, 4) is 0 Å². The topological polar surface area (TPSA) is 49.4 Å². The summed E-state index contributed by atoms with van der Waals surface area (Å²) in [6.45, 7) is 2.87. The van der Waals surface area contributed by atoms with Crippen LogP contribution in [0.4, 0.5) is 4.20 Å². The summed E-state index contributed by atoms with van der Waals surface area (Å²) >= 11 is 0. The summed E-state index contributed by atoms with van der Waals surface area (Å²) in [5.41, 5.74) is 0. The minimum Gasteiger partial charge on any atom is -0.753 e. The molecular formula is C3H7FO3P-. The monoisotopic (exact) mass is 141 g/mol. The van der Waals surface area contributed by atoms with Crippen LogP contribution in [0.25, 0.3) is 0 Å². The van der Waals surface area contributed by atoms with Crippen molar-refractivity contribution in [3.63, 3.8) is 0 Å². The van der Waals surface area contributed by atoms with Gasteiger partial charge in [-0.25, -0.2) is 0 Å². The molecule has 0 aliphatic rings. The first-order valence-corrected chi connectivity index (χ1v) is 3.54. The van der Waals surface area contributed by atoms with Crippen LogP contribution in [0.3, 0.4) is 0 Å². The first kappa shape index (κ1) is 8.08. The highest BCUT2D eigenvalue weighted by atomic mass is 31.2. The Balaban J connectivity index is 3.56. The third-order valence-corrected chi connectivity index (χ3v) is 1.01. The van der Waals surface area contributed by atoms with Crippen LogP contribution in [-0.4, -0.2) is 6.10 Å². The van der Waals surface area contributed by atoms with Gasteiger partial charge in [-0.15, -0.1) is 0 Å². The molecule has 0 aromatic heterocycles. The van der Waals surface area contributed by atoms with Gasteiger partial charge in [-0.05, 0) is 13.8 Å². The van der Waals surface area contributed by atoms with Gasteiger partial charge in [0.1, 0.15) is 0 Å². The number of rotatable bonds is 2. The summed E-state index contributed by atoms with van der Waals surface area (Å²) in [7, 11) is -4.97. The molecule has 0 saturated carbocycles. The van der Waals surface area contributed by atoms with Crippen LogP contribution in [-0.2, 0) is 9.09 Å². The second-order valence-electron chi connectivity index (χ2n) is 1.58. The minimum atomic E-state index is -4.97. The Kier molecular flexibility index (Phi) is 2.60. The molecule has 0 radical (unpaired) electrons. The number of halogens is 1. The van der Waals surface area contributed by atoms with E-state index in [2.05, 4.69) is 4.52 Å². The lowest BCUT2D eigenvalue weighted by molar-refractivity contribution is -0.214. The lowest BCUT2D eigenvalue weighted by atomic mass is 10.5. The fraction of sp³-hybridized carbons (Fsp3) is 1.00. The molecular weight excluding hydrogens is 134 g/mol. The van der Waals surface area contributed by atoms with Gasteiger partial charge in [0.15, 0.2) is 0 Å². The Labute approximate surface area is 47.1 Å². The highest BCUT2D eigenvalue weighted by molar-refractivity contribution is 7.45. The van der Waals surface area contributed by atoms with Crippen molar-refractivity contribution in [3.05, 3.63) is 0 Å². The maximum atomic E-state index is 11.4. The molecule has 0 aromatic carbocycles. The Bertz CT molecular complexity index is 107. The van der Waals surface area contributed by atoms with Gasteiger partial charge in [0, 0.05) is 0 Å². The average molecular weight is 141 g/mol. The predicted octanol–water partition coefficient (Wildman–Crippen LogP) is 0.849. The molecule has 50 valence electrons. The van der Waals surface area contributed by atoms with E-state index < -0.39 is 14.0 Å². The van der Waals surface area contributed by atoms with E-state index in [-0.39, 0.29) is 0 Å². The lowest BCUT2D eigenvalue weighted by Crippen LogP contribution is -2.05. The van der Waals surface area contributed by atoms with Gasteiger partial charge >= 0.3 is 7.91 Å². The first-order chi connectivity index (χ1) is 3.42. The van der Waals surface area contributed by atoms with E-state index in [1.165, 1.54) is 13.8 Å². The van der Waals surface area contributed by atoms with E-state index >= 15 is 0 Å². The molecule has 0 N–H and O–H groups in total. The summed E-state index contributed by atoms with van der Waals surface area (Å²) < 4.78 is 24.8. The normalized spacial score (nSPS) is 18.6. The largest absolute Gasteiger partial charge is 0.753 e.